The molecule has 20 heavy (non-hydrogen) atoms. The summed E-state index contributed by atoms with van der Waals surface area (Å²) in [6.45, 7) is 3.02. The predicted octanol–water partition coefficient (Wildman–Crippen LogP) is 2.60. The molecule has 4 heteroatoms. The van der Waals surface area contributed by atoms with Gasteiger partial charge in [0.25, 0.3) is 0 Å². The Morgan fingerprint density at radius 3 is 2.95 bits per heavy atom. The predicted molar refractivity (Wildman–Crippen MR) is 76.6 cm³/mol. The summed E-state index contributed by atoms with van der Waals surface area (Å²) < 4.78 is 10.7. The lowest BCUT2D eigenvalue weighted by molar-refractivity contribution is -0.0131. The number of aliphatic hydroxyl groups is 1. The molecule has 1 aromatic rings. The van der Waals surface area contributed by atoms with Crippen LogP contribution >= 0.6 is 0 Å². The van der Waals surface area contributed by atoms with Crippen molar-refractivity contribution in [1.29, 1.82) is 0 Å². The Morgan fingerprint density at radius 1 is 1.40 bits per heavy atom. The highest BCUT2D eigenvalue weighted by Crippen LogP contribution is 2.48. The van der Waals surface area contributed by atoms with E-state index in [0.717, 1.165) is 36.3 Å². The van der Waals surface area contributed by atoms with Crippen LogP contribution in [0.1, 0.15) is 44.3 Å². The van der Waals surface area contributed by atoms with E-state index in [1.54, 1.807) is 0 Å². The number of hydrogen-bond acceptors (Lipinski definition) is 4. The van der Waals surface area contributed by atoms with Crippen LogP contribution in [0.2, 0.25) is 0 Å². The molecule has 0 spiro atoms. The van der Waals surface area contributed by atoms with E-state index in [9.17, 15) is 5.11 Å². The summed E-state index contributed by atoms with van der Waals surface area (Å²) in [5.74, 6) is 2.09. The Hall–Kier alpha value is -1.26. The van der Waals surface area contributed by atoms with Crippen LogP contribution in [0.3, 0.4) is 0 Å². The fraction of sp³-hybridized carbons (Fsp3) is 0.625. The molecule has 1 aliphatic carbocycles. The number of rotatable bonds is 3. The molecule has 0 amide bonds. The van der Waals surface area contributed by atoms with Crippen molar-refractivity contribution in [3.05, 3.63) is 23.8 Å². The zero-order valence-corrected chi connectivity index (χ0v) is 12.0. The highest BCUT2D eigenvalue weighted by atomic mass is 16.7. The normalized spacial score (nSPS) is 30.2. The first-order chi connectivity index (χ1) is 9.64. The second-order valence-corrected chi connectivity index (χ2v) is 6.28. The maximum Gasteiger partial charge on any atom is 0.231 e. The summed E-state index contributed by atoms with van der Waals surface area (Å²) in [7, 11) is 0. The molecule has 3 N–H and O–H groups in total. The quantitative estimate of drug-likeness (QED) is 0.891. The lowest BCUT2D eigenvalue weighted by Crippen LogP contribution is -2.40. The van der Waals surface area contributed by atoms with Crippen molar-refractivity contribution in [2.75, 3.05) is 13.3 Å². The molecule has 1 saturated carbocycles. The van der Waals surface area contributed by atoms with E-state index in [1.165, 1.54) is 6.42 Å². The Balaban J connectivity index is 1.88. The zero-order chi connectivity index (χ0) is 14.2. The van der Waals surface area contributed by atoms with Gasteiger partial charge in [0.1, 0.15) is 0 Å². The Labute approximate surface area is 119 Å². The third kappa shape index (κ3) is 2.27. The molecule has 0 aromatic heterocycles. The van der Waals surface area contributed by atoms with E-state index in [0.29, 0.717) is 12.5 Å². The molecule has 1 fully saturated rings. The first-order valence-corrected chi connectivity index (χ1v) is 7.42. The minimum Gasteiger partial charge on any atom is -0.454 e. The largest absolute Gasteiger partial charge is 0.454 e. The fourth-order valence-corrected chi connectivity index (χ4v) is 3.68. The minimum absolute atomic E-state index is 0.203. The van der Waals surface area contributed by atoms with Crippen molar-refractivity contribution in [2.45, 2.75) is 38.7 Å². The van der Waals surface area contributed by atoms with Crippen molar-refractivity contribution >= 4 is 0 Å². The Kier molecular flexibility index (Phi) is 3.61. The van der Waals surface area contributed by atoms with Crippen LogP contribution in [-0.4, -0.2) is 18.4 Å². The third-order valence-electron chi connectivity index (χ3n) is 4.83. The summed E-state index contributed by atoms with van der Waals surface area (Å²) in [6, 6.07) is 5.69. The molecule has 2 aliphatic rings. The lowest BCUT2D eigenvalue weighted by Gasteiger charge is -2.43. The molecule has 3 rings (SSSR count). The van der Waals surface area contributed by atoms with Gasteiger partial charge in [-0.3, -0.25) is 0 Å². The Morgan fingerprint density at radius 2 is 2.20 bits per heavy atom. The van der Waals surface area contributed by atoms with Crippen molar-refractivity contribution in [1.82, 2.24) is 0 Å². The van der Waals surface area contributed by atoms with E-state index < -0.39 is 6.10 Å². The molecule has 0 bridgehead atoms. The summed E-state index contributed by atoms with van der Waals surface area (Å²) in [5.41, 5.74) is 6.72. The third-order valence-corrected chi connectivity index (χ3v) is 4.83. The van der Waals surface area contributed by atoms with Gasteiger partial charge in [0, 0.05) is 12.0 Å². The molecule has 4 nitrogen and oxygen atoms in total. The molecule has 0 radical (unpaired) electrons. The highest BCUT2D eigenvalue weighted by molar-refractivity contribution is 5.45. The van der Waals surface area contributed by atoms with Gasteiger partial charge in [-0.15, -0.1) is 0 Å². The summed E-state index contributed by atoms with van der Waals surface area (Å²) in [6.07, 6.45) is 3.81. The molecular formula is C16H23NO3. The standard InChI is InChI=1S/C16H23NO3/c1-11-3-2-6-16(8-11,9-17)15(18)12-4-5-13-14(7-12)20-10-19-13/h4-5,7,11,15,18H,2-3,6,8-10,17H2,1H3. The number of ether oxygens (including phenoxy) is 2. The van der Waals surface area contributed by atoms with Crippen LogP contribution in [0.15, 0.2) is 18.2 Å². The van der Waals surface area contributed by atoms with E-state index in [-0.39, 0.29) is 12.2 Å². The van der Waals surface area contributed by atoms with E-state index in [2.05, 4.69) is 6.92 Å². The van der Waals surface area contributed by atoms with Crippen molar-refractivity contribution in [2.24, 2.45) is 17.1 Å². The SMILES string of the molecule is CC1CCCC(CN)(C(O)c2ccc3c(c2)OCO3)C1. The monoisotopic (exact) mass is 277 g/mol. The lowest BCUT2D eigenvalue weighted by atomic mass is 9.65. The average molecular weight is 277 g/mol. The van der Waals surface area contributed by atoms with Gasteiger partial charge in [0.05, 0.1) is 6.10 Å². The number of benzene rings is 1. The molecule has 110 valence electrons. The van der Waals surface area contributed by atoms with Gasteiger partial charge >= 0.3 is 0 Å². The molecule has 3 unspecified atom stereocenters. The fourth-order valence-electron chi connectivity index (χ4n) is 3.68. The highest BCUT2D eigenvalue weighted by Gasteiger charge is 2.41. The van der Waals surface area contributed by atoms with Gasteiger partial charge in [0.2, 0.25) is 6.79 Å². The maximum absolute atomic E-state index is 10.9. The summed E-state index contributed by atoms with van der Waals surface area (Å²) >= 11 is 0. The smallest absolute Gasteiger partial charge is 0.231 e. The van der Waals surface area contributed by atoms with Crippen LogP contribution in [-0.2, 0) is 0 Å². The Bertz CT molecular complexity index is 491. The van der Waals surface area contributed by atoms with Gasteiger partial charge in [0.15, 0.2) is 11.5 Å². The number of nitrogens with two attached hydrogens (primary N) is 1. The molecule has 1 heterocycles. The van der Waals surface area contributed by atoms with Gasteiger partial charge in [-0.1, -0.05) is 25.8 Å². The second-order valence-electron chi connectivity index (χ2n) is 6.28. The second kappa shape index (κ2) is 5.26. The van der Waals surface area contributed by atoms with Gasteiger partial charge in [-0.25, -0.2) is 0 Å². The average Bonchev–Trinajstić information content (AvgIpc) is 2.93. The molecule has 3 atom stereocenters. The van der Waals surface area contributed by atoms with Crippen LogP contribution in [0.4, 0.5) is 0 Å². The molecule has 0 saturated heterocycles. The minimum atomic E-state index is -0.537. The van der Waals surface area contributed by atoms with Crippen LogP contribution < -0.4 is 15.2 Å². The van der Waals surface area contributed by atoms with Crippen molar-refractivity contribution < 1.29 is 14.6 Å². The van der Waals surface area contributed by atoms with Gasteiger partial charge in [-0.05, 0) is 36.5 Å². The van der Waals surface area contributed by atoms with E-state index in [1.807, 2.05) is 18.2 Å². The van der Waals surface area contributed by atoms with Crippen LogP contribution in [0, 0.1) is 11.3 Å². The van der Waals surface area contributed by atoms with Gasteiger partial charge in [-0.2, -0.15) is 0 Å². The first-order valence-electron chi connectivity index (χ1n) is 7.42. The van der Waals surface area contributed by atoms with E-state index >= 15 is 0 Å². The topological polar surface area (TPSA) is 64.7 Å². The first kappa shape index (κ1) is 13.7. The van der Waals surface area contributed by atoms with Crippen LogP contribution in [0.5, 0.6) is 11.5 Å². The zero-order valence-electron chi connectivity index (χ0n) is 12.0. The maximum atomic E-state index is 10.9. The summed E-state index contributed by atoms with van der Waals surface area (Å²) in [4.78, 5) is 0. The molecule has 1 aromatic carbocycles. The van der Waals surface area contributed by atoms with Crippen molar-refractivity contribution in [3.8, 4) is 11.5 Å². The van der Waals surface area contributed by atoms with E-state index in [4.69, 9.17) is 15.2 Å². The van der Waals surface area contributed by atoms with Crippen molar-refractivity contribution in [3.63, 3.8) is 0 Å². The number of hydrogen-bond donors (Lipinski definition) is 2. The number of fused-ring (bicyclic) bond motifs is 1. The van der Waals surface area contributed by atoms with Gasteiger partial charge < -0.3 is 20.3 Å². The molecular weight excluding hydrogens is 254 g/mol. The molecule has 1 aliphatic heterocycles. The number of aliphatic hydroxyl groups excluding tert-OH is 1. The summed E-state index contributed by atoms with van der Waals surface area (Å²) in [5, 5.41) is 10.9. The van der Waals surface area contributed by atoms with Crippen LogP contribution in [0.25, 0.3) is 0 Å².